The lowest BCUT2D eigenvalue weighted by Crippen LogP contribution is -2.37. The Labute approximate surface area is 269 Å². The number of nitrogen functional groups attached to an aromatic ring is 1. The second-order valence-corrected chi connectivity index (χ2v) is 13.6. The van der Waals surface area contributed by atoms with Gasteiger partial charge in [-0.25, -0.2) is 35.6 Å². The van der Waals surface area contributed by atoms with E-state index in [1.807, 2.05) is 6.07 Å². The molecule has 0 bridgehead atoms. The summed E-state index contributed by atoms with van der Waals surface area (Å²) in [4.78, 5) is 18.0. The number of alkyl halides is 2. The van der Waals surface area contributed by atoms with Gasteiger partial charge in [-0.2, -0.15) is 5.10 Å². The number of sulfonamides is 1. The van der Waals surface area contributed by atoms with Crippen molar-refractivity contribution in [1.29, 1.82) is 0 Å². The number of para-hydroxylation sites is 1. The predicted molar refractivity (Wildman–Crippen MR) is 169 cm³/mol. The molecule has 0 amide bonds. The fourth-order valence-electron chi connectivity index (χ4n) is 5.97. The zero-order valence-corrected chi connectivity index (χ0v) is 26.4. The largest absolute Gasteiger partial charge is 0.487 e. The van der Waals surface area contributed by atoms with Gasteiger partial charge < -0.3 is 15.2 Å². The van der Waals surface area contributed by atoms with Crippen molar-refractivity contribution in [3.05, 3.63) is 94.1 Å². The van der Waals surface area contributed by atoms with Crippen LogP contribution in [0.1, 0.15) is 51.4 Å². The van der Waals surface area contributed by atoms with E-state index in [9.17, 15) is 26.4 Å². The highest BCUT2D eigenvalue weighted by molar-refractivity contribution is 7.88. The van der Waals surface area contributed by atoms with E-state index in [1.54, 1.807) is 37.3 Å². The first-order chi connectivity index (χ1) is 22.4. The molecule has 6 rings (SSSR count). The van der Waals surface area contributed by atoms with Crippen molar-refractivity contribution >= 4 is 27.7 Å². The molecule has 2 aromatic heterocycles. The van der Waals surface area contributed by atoms with Gasteiger partial charge in [-0.3, -0.25) is 4.79 Å². The number of allylic oxidation sites excluding steroid dienone is 1. The predicted octanol–water partition coefficient (Wildman–Crippen LogP) is 5.69. The minimum atomic E-state index is -3.33. The molecule has 0 saturated carbocycles. The van der Waals surface area contributed by atoms with Crippen molar-refractivity contribution in [3.8, 4) is 23.1 Å². The van der Waals surface area contributed by atoms with Crippen LogP contribution in [0.25, 0.3) is 11.8 Å². The van der Waals surface area contributed by atoms with Crippen LogP contribution in [0.2, 0.25) is 0 Å². The molecule has 14 heteroatoms. The fraction of sp³-hybridized carbons (Fsp3) is 0.303. The molecule has 2 aromatic carbocycles. The van der Waals surface area contributed by atoms with Crippen LogP contribution < -0.4 is 15.2 Å². The fourth-order valence-corrected chi connectivity index (χ4v) is 6.84. The molecule has 0 atom stereocenters. The number of anilines is 1. The Balaban J connectivity index is 1.22. The number of Topliss-reactive ketones (excluding diaryl/α,β-unsaturated/α-hetero) is 1. The Morgan fingerprint density at radius 1 is 1.11 bits per heavy atom. The Morgan fingerprint density at radius 3 is 2.53 bits per heavy atom. The number of nitrogens with zero attached hydrogens (tertiary/aromatic N) is 4. The number of ketones is 1. The first-order valence-corrected chi connectivity index (χ1v) is 16.7. The summed E-state index contributed by atoms with van der Waals surface area (Å²) in [7, 11) is -3.33. The van der Waals surface area contributed by atoms with Crippen molar-refractivity contribution < 1.29 is 35.9 Å². The van der Waals surface area contributed by atoms with Crippen LogP contribution >= 0.6 is 0 Å². The normalized spacial score (nSPS) is 15.5. The van der Waals surface area contributed by atoms with Crippen molar-refractivity contribution in [2.24, 2.45) is 0 Å². The number of hydrogen-bond acceptors (Lipinski definition) is 8. The zero-order valence-electron chi connectivity index (χ0n) is 25.6. The summed E-state index contributed by atoms with van der Waals surface area (Å²) in [5, 5.41) is 4.33. The summed E-state index contributed by atoms with van der Waals surface area (Å²) >= 11 is 0. The Hall–Kier alpha value is -4.69. The average Bonchev–Trinajstić information content (AvgIpc) is 3.63. The number of nitrogens with two attached hydrogens (primary N) is 1. The van der Waals surface area contributed by atoms with Crippen molar-refractivity contribution in [2.45, 2.75) is 38.5 Å². The Bertz CT molecular complexity index is 1990. The van der Waals surface area contributed by atoms with Crippen molar-refractivity contribution in [1.82, 2.24) is 19.1 Å². The topological polar surface area (TPSA) is 130 Å². The van der Waals surface area contributed by atoms with E-state index in [2.05, 4.69) is 10.1 Å². The number of hydrogen-bond donors (Lipinski definition) is 1. The Morgan fingerprint density at radius 2 is 1.85 bits per heavy atom. The molecule has 1 saturated heterocycles. The lowest BCUT2D eigenvalue weighted by Gasteiger charge is -2.31. The monoisotopic (exact) mass is 667 g/mol. The van der Waals surface area contributed by atoms with Gasteiger partial charge in [-0.15, -0.1) is 0 Å². The van der Waals surface area contributed by atoms with E-state index in [0.717, 1.165) is 11.1 Å². The van der Waals surface area contributed by atoms with Crippen LogP contribution in [0.3, 0.4) is 0 Å². The van der Waals surface area contributed by atoms with Gasteiger partial charge in [-0.05, 0) is 72.2 Å². The number of aromatic nitrogens is 3. The van der Waals surface area contributed by atoms with Gasteiger partial charge in [0.15, 0.2) is 17.3 Å². The lowest BCUT2D eigenvalue weighted by molar-refractivity contribution is 0.0810. The van der Waals surface area contributed by atoms with Gasteiger partial charge in [0.05, 0.1) is 29.9 Å². The van der Waals surface area contributed by atoms with Gasteiger partial charge in [0.1, 0.15) is 18.2 Å². The summed E-state index contributed by atoms with van der Waals surface area (Å²) in [6.07, 6.45) is 4.34. The number of pyridine rings is 1. The summed E-state index contributed by atoms with van der Waals surface area (Å²) in [6, 6.07) is 11.1. The molecule has 0 unspecified atom stereocenters. The van der Waals surface area contributed by atoms with Crippen LogP contribution in [0.15, 0.2) is 60.4 Å². The highest BCUT2D eigenvalue weighted by atomic mass is 32.2. The third-order valence-corrected chi connectivity index (χ3v) is 9.69. The van der Waals surface area contributed by atoms with Gasteiger partial charge >= 0.3 is 0 Å². The molecule has 3 heterocycles. The van der Waals surface area contributed by atoms with E-state index >= 15 is 0 Å². The molecular weight excluding hydrogens is 635 g/mol. The van der Waals surface area contributed by atoms with Gasteiger partial charge in [0.25, 0.3) is 6.43 Å². The number of carbonyl (C=O) groups excluding carboxylic acids is 1. The first kappa shape index (κ1) is 32.3. The maximum atomic E-state index is 14.0. The van der Waals surface area contributed by atoms with Crippen LogP contribution in [0, 0.1) is 12.7 Å². The molecule has 1 aliphatic heterocycles. The average molecular weight is 668 g/mol. The minimum Gasteiger partial charge on any atom is -0.487 e. The number of ether oxygens (including phenoxy) is 2. The summed E-state index contributed by atoms with van der Waals surface area (Å²) in [6.45, 7) is 1.62. The number of benzene rings is 2. The van der Waals surface area contributed by atoms with E-state index < -0.39 is 28.9 Å². The Kier molecular flexibility index (Phi) is 8.81. The lowest BCUT2D eigenvalue weighted by atomic mass is 9.87. The standard InChI is InChI=1S/C33H32F3N5O5S/c1-19-11-31(46-28-6-4-3-5-26(28)34)38-17-27(19)41-33(37)25(16-39-41)32(42)23-12-21-14-24(20-7-9-40(10-8-20)47(2,43)44)29(15-22(21)13-23)45-18-30(35)36/h3-6,11,13-17,20,30H,7-10,12,18,37H2,1-2H3. The number of piperidine rings is 1. The first-order valence-electron chi connectivity index (χ1n) is 14.9. The SMILES string of the molecule is Cc1cc(Oc2ccccc2F)ncc1-n1ncc(C(=O)C2=Cc3cc(OCC(F)F)c(C4CCN(S(C)(=O)=O)CC4)cc3C2)c1N. The molecule has 10 nitrogen and oxygen atoms in total. The molecule has 246 valence electrons. The van der Waals surface area contributed by atoms with Gasteiger partial charge in [0.2, 0.25) is 15.9 Å². The molecule has 2 aliphatic rings. The smallest absolute Gasteiger partial charge is 0.272 e. The van der Waals surface area contributed by atoms with Crippen molar-refractivity contribution in [3.63, 3.8) is 0 Å². The molecule has 1 fully saturated rings. The third-order valence-electron chi connectivity index (χ3n) is 8.39. The number of rotatable bonds is 10. The molecule has 1 aliphatic carbocycles. The number of aryl methyl sites for hydroxylation is 1. The van der Waals surface area contributed by atoms with Crippen LogP contribution in [-0.4, -0.2) is 65.6 Å². The summed E-state index contributed by atoms with van der Waals surface area (Å²) < 4.78 is 78.1. The molecule has 2 N–H and O–H groups in total. The molecule has 47 heavy (non-hydrogen) atoms. The van der Waals surface area contributed by atoms with Gasteiger partial charge in [-0.1, -0.05) is 18.2 Å². The molecule has 0 spiro atoms. The van der Waals surface area contributed by atoms with E-state index in [1.165, 1.54) is 39.8 Å². The van der Waals surface area contributed by atoms with E-state index in [0.29, 0.717) is 54.1 Å². The van der Waals surface area contributed by atoms with E-state index in [4.69, 9.17) is 15.2 Å². The second kappa shape index (κ2) is 12.8. The number of carbonyl (C=O) groups is 1. The maximum Gasteiger partial charge on any atom is 0.272 e. The van der Waals surface area contributed by atoms with Gasteiger partial charge in [0, 0.05) is 31.1 Å². The molecular formula is C33H32F3N5O5S. The van der Waals surface area contributed by atoms with E-state index in [-0.39, 0.29) is 41.1 Å². The number of halogens is 3. The highest BCUT2D eigenvalue weighted by Crippen LogP contribution is 2.40. The van der Waals surface area contributed by atoms with Crippen molar-refractivity contribution in [2.75, 3.05) is 31.7 Å². The van der Waals surface area contributed by atoms with Crippen LogP contribution in [-0.2, 0) is 16.4 Å². The minimum absolute atomic E-state index is 0.0293. The number of fused-ring (bicyclic) bond motifs is 1. The quantitative estimate of drug-likeness (QED) is 0.214. The third kappa shape index (κ3) is 6.74. The van der Waals surface area contributed by atoms with Crippen LogP contribution in [0.4, 0.5) is 19.0 Å². The highest BCUT2D eigenvalue weighted by Gasteiger charge is 2.31. The van der Waals surface area contributed by atoms with Crippen LogP contribution in [0.5, 0.6) is 17.4 Å². The summed E-state index contributed by atoms with van der Waals surface area (Å²) in [5.41, 5.74) is 10.4. The molecule has 0 radical (unpaired) electrons. The zero-order chi connectivity index (χ0) is 33.5. The second-order valence-electron chi connectivity index (χ2n) is 11.6. The molecule has 4 aromatic rings. The maximum absolute atomic E-state index is 14.0. The summed E-state index contributed by atoms with van der Waals surface area (Å²) in [5.74, 6) is -0.371.